The molecule has 1 aliphatic rings. The lowest BCUT2D eigenvalue weighted by Gasteiger charge is -2.32. The van der Waals surface area contributed by atoms with Crippen molar-refractivity contribution in [2.45, 2.75) is 37.1 Å². The van der Waals surface area contributed by atoms with E-state index in [0.717, 1.165) is 19.3 Å². The van der Waals surface area contributed by atoms with E-state index in [0.29, 0.717) is 25.3 Å². The third kappa shape index (κ3) is 4.31. The standard InChI is InChI=1S/C16H24N2O4S/c1-13-5-3-4-11-18(13)23(20,21)15-8-6-14(7-9-15)16(19)17-10-12-22-2/h6-9,13H,3-5,10-12H2,1-2H3,(H,17,19)/t13-/m1/s1. The maximum Gasteiger partial charge on any atom is 0.251 e. The molecule has 1 aliphatic heterocycles. The molecular formula is C16H24N2O4S. The van der Waals surface area contributed by atoms with Crippen molar-refractivity contribution in [2.24, 2.45) is 0 Å². The Bertz CT molecular complexity index is 628. The number of methoxy groups -OCH3 is 1. The van der Waals surface area contributed by atoms with E-state index in [1.165, 1.54) is 12.1 Å². The minimum Gasteiger partial charge on any atom is -0.383 e. The molecule has 2 rings (SSSR count). The average molecular weight is 340 g/mol. The highest BCUT2D eigenvalue weighted by molar-refractivity contribution is 7.89. The molecule has 23 heavy (non-hydrogen) atoms. The molecule has 128 valence electrons. The van der Waals surface area contributed by atoms with Crippen LogP contribution in [0.2, 0.25) is 0 Å². The van der Waals surface area contributed by atoms with E-state index < -0.39 is 10.0 Å². The molecule has 1 saturated heterocycles. The van der Waals surface area contributed by atoms with E-state index in [9.17, 15) is 13.2 Å². The third-order valence-electron chi connectivity index (χ3n) is 4.06. The molecule has 6 nitrogen and oxygen atoms in total. The fourth-order valence-corrected chi connectivity index (χ4v) is 4.41. The first kappa shape index (κ1) is 17.9. The Morgan fingerprint density at radius 1 is 1.30 bits per heavy atom. The molecule has 0 spiro atoms. The Kier molecular flexibility index (Phi) is 6.15. The fraction of sp³-hybridized carbons (Fsp3) is 0.562. The third-order valence-corrected chi connectivity index (χ3v) is 6.08. The average Bonchev–Trinajstić information content (AvgIpc) is 2.55. The molecular weight excluding hydrogens is 316 g/mol. The highest BCUT2D eigenvalue weighted by Crippen LogP contribution is 2.25. The Hall–Kier alpha value is -1.44. The Labute approximate surface area is 137 Å². The van der Waals surface area contributed by atoms with Gasteiger partial charge in [-0.25, -0.2) is 8.42 Å². The maximum atomic E-state index is 12.7. The summed E-state index contributed by atoms with van der Waals surface area (Å²) in [4.78, 5) is 12.1. The minimum absolute atomic E-state index is 0.0192. The maximum absolute atomic E-state index is 12.7. The number of amides is 1. The van der Waals surface area contributed by atoms with Gasteiger partial charge in [0.15, 0.2) is 0 Å². The Morgan fingerprint density at radius 3 is 2.61 bits per heavy atom. The summed E-state index contributed by atoms with van der Waals surface area (Å²) in [5.74, 6) is -0.239. The van der Waals surface area contributed by atoms with E-state index in [1.54, 1.807) is 23.5 Å². The zero-order valence-electron chi connectivity index (χ0n) is 13.6. The summed E-state index contributed by atoms with van der Waals surface area (Å²) in [5.41, 5.74) is 0.437. The lowest BCUT2D eigenvalue weighted by Crippen LogP contribution is -2.41. The molecule has 0 aromatic heterocycles. The van der Waals surface area contributed by atoms with Crippen molar-refractivity contribution in [2.75, 3.05) is 26.8 Å². The molecule has 7 heteroatoms. The summed E-state index contributed by atoms with van der Waals surface area (Å²) in [6.45, 7) is 3.35. The normalized spacial score (nSPS) is 19.5. The van der Waals surface area contributed by atoms with Gasteiger partial charge >= 0.3 is 0 Å². The van der Waals surface area contributed by atoms with Gasteiger partial charge in [0.25, 0.3) is 5.91 Å². The number of hydrogen-bond acceptors (Lipinski definition) is 4. The second-order valence-electron chi connectivity index (χ2n) is 5.73. The second-order valence-corrected chi connectivity index (χ2v) is 7.62. The molecule has 1 N–H and O–H groups in total. The Morgan fingerprint density at radius 2 is 2.00 bits per heavy atom. The summed E-state index contributed by atoms with van der Waals surface area (Å²) in [7, 11) is -1.93. The van der Waals surface area contributed by atoms with Crippen LogP contribution in [-0.4, -0.2) is 51.5 Å². The fourth-order valence-electron chi connectivity index (χ4n) is 2.71. The van der Waals surface area contributed by atoms with Crippen molar-refractivity contribution in [3.05, 3.63) is 29.8 Å². The second kappa shape index (κ2) is 7.90. The van der Waals surface area contributed by atoms with E-state index in [4.69, 9.17) is 4.74 Å². The summed E-state index contributed by atoms with van der Waals surface area (Å²) in [5, 5.41) is 2.70. The van der Waals surface area contributed by atoms with Crippen LogP contribution in [0.3, 0.4) is 0 Å². The van der Waals surface area contributed by atoms with Crippen LogP contribution in [0.5, 0.6) is 0 Å². The molecule has 1 aromatic carbocycles. The molecule has 1 fully saturated rings. The summed E-state index contributed by atoms with van der Waals surface area (Å²) >= 11 is 0. The summed E-state index contributed by atoms with van der Waals surface area (Å²) in [6, 6.07) is 6.11. The monoisotopic (exact) mass is 340 g/mol. The number of piperidine rings is 1. The van der Waals surface area contributed by atoms with Gasteiger partial charge in [-0.2, -0.15) is 4.31 Å². The number of nitrogens with one attached hydrogen (secondary N) is 1. The highest BCUT2D eigenvalue weighted by Gasteiger charge is 2.30. The number of benzene rings is 1. The van der Waals surface area contributed by atoms with Gasteiger partial charge in [-0.05, 0) is 44.0 Å². The van der Waals surface area contributed by atoms with Crippen molar-refractivity contribution in [1.82, 2.24) is 9.62 Å². The number of sulfonamides is 1. The lowest BCUT2D eigenvalue weighted by atomic mass is 10.1. The van der Waals surface area contributed by atoms with Crippen LogP contribution in [0, 0.1) is 0 Å². The molecule has 1 atom stereocenters. The SMILES string of the molecule is COCCNC(=O)c1ccc(S(=O)(=O)N2CCCC[C@H]2C)cc1. The van der Waals surface area contributed by atoms with Gasteiger partial charge in [0, 0.05) is 31.8 Å². The zero-order valence-corrected chi connectivity index (χ0v) is 14.4. The van der Waals surface area contributed by atoms with Crippen molar-refractivity contribution < 1.29 is 17.9 Å². The molecule has 0 bridgehead atoms. The molecule has 0 aliphatic carbocycles. The quantitative estimate of drug-likeness (QED) is 0.799. The Balaban J connectivity index is 2.10. The minimum atomic E-state index is -3.49. The first-order chi connectivity index (χ1) is 11.0. The van der Waals surface area contributed by atoms with Crippen molar-refractivity contribution >= 4 is 15.9 Å². The predicted octanol–water partition coefficient (Wildman–Crippen LogP) is 1.63. The van der Waals surface area contributed by atoms with Gasteiger partial charge < -0.3 is 10.1 Å². The largest absolute Gasteiger partial charge is 0.383 e. The van der Waals surface area contributed by atoms with E-state index >= 15 is 0 Å². The smallest absolute Gasteiger partial charge is 0.251 e. The molecule has 0 saturated carbocycles. The number of carbonyl (C=O) groups excluding carboxylic acids is 1. The number of hydrogen-bond donors (Lipinski definition) is 1. The van der Waals surface area contributed by atoms with Crippen LogP contribution in [0.4, 0.5) is 0 Å². The van der Waals surface area contributed by atoms with E-state index in [-0.39, 0.29) is 16.8 Å². The predicted molar refractivity (Wildman–Crippen MR) is 87.9 cm³/mol. The van der Waals surface area contributed by atoms with E-state index in [2.05, 4.69) is 5.32 Å². The lowest BCUT2D eigenvalue weighted by molar-refractivity contribution is 0.0937. The van der Waals surface area contributed by atoms with Crippen LogP contribution >= 0.6 is 0 Å². The van der Waals surface area contributed by atoms with Crippen LogP contribution in [-0.2, 0) is 14.8 Å². The van der Waals surface area contributed by atoms with Crippen LogP contribution in [0.25, 0.3) is 0 Å². The van der Waals surface area contributed by atoms with Crippen LogP contribution in [0.1, 0.15) is 36.5 Å². The van der Waals surface area contributed by atoms with Crippen molar-refractivity contribution in [3.8, 4) is 0 Å². The van der Waals surface area contributed by atoms with Crippen molar-refractivity contribution in [3.63, 3.8) is 0 Å². The first-order valence-corrected chi connectivity index (χ1v) is 9.30. The number of nitrogens with zero attached hydrogens (tertiary/aromatic N) is 1. The molecule has 0 unspecified atom stereocenters. The van der Waals surface area contributed by atoms with Crippen LogP contribution < -0.4 is 5.32 Å². The van der Waals surface area contributed by atoms with Gasteiger partial charge in [0.05, 0.1) is 11.5 Å². The zero-order chi connectivity index (χ0) is 16.9. The van der Waals surface area contributed by atoms with Gasteiger partial charge in [0.1, 0.15) is 0 Å². The number of rotatable bonds is 6. The molecule has 1 heterocycles. The van der Waals surface area contributed by atoms with Crippen molar-refractivity contribution in [1.29, 1.82) is 0 Å². The molecule has 0 radical (unpaired) electrons. The van der Waals surface area contributed by atoms with Gasteiger partial charge in [-0.15, -0.1) is 0 Å². The van der Waals surface area contributed by atoms with Gasteiger partial charge in [0.2, 0.25) is 10.0 Å². The van der Waals surface area contributed by atoms with Gasteiger partial charge in [-0.3, -0.25) is 4.79 Å². The van der Waals surface area contributed by atoms with Crippen LogP contribution in [0.15, 0.2) is 29.2 Å². The highest BCUT2D eigenvalue weighted by atomic mass is 32.2. The van der Waals surface area contributed by atoms with E-state index in [1.807, 2.05) is 6.92 Å². The summed E-state index contributed by atoms with van der Waals surface area (Å²) in [6.07, 6.45) is 2.84. The molecule has 1 aromatic rings. The van der Waals surface area contributed by atoms with Gasteiger partial charge in [-0.1, -0.05) is 6.42 Å². The number of carbonyl (C=O) groups is 1. The topological polar surface area (TPSA) is 75.7 Å². The first-order valence-electron chi connectivity index (χ1n) is 7.86. The number of ether oxygens (including phenoxy) is 1. The molecule has 1 amide bonds. The summed E-state index contributed by atoms with van der Waals surface area (Å²) < 4.78 is 31.8.